The quantitative estimate of drug-likeness (QED) is 0.680. The van der Waals surface area contributed by atoms with Gasteiger partial charge in [0.15, 0.2) is 0 Å². The third-order valence-electron chi connectivity index (χ3n) is 3.41. The Morgan fingerprint density at radius 1 is 1.00 bits per heavy atom. The summed E-state index contributed by atoms with van der Waals surface area (Å²) in [5.41, 5.74) is 8.86. The van der Waals surface area contributed by atoms with Crippen molar-refractivity contribution in [1.29, 1.82) is 0 Å². The highest BCUT2D eigenvalue weighted by molar-refractivity contribution is 5.19. The summed E-state index contributed by atoms with van der Waals surface area (Å²) in [5, 5.41) is 0. The van der Waals surface area contributed by atoms with Gasteiger partial charge in [-0.2, -0.15) is 0 Å². The number of hydrogen-bond donors (Lipinski definition) is 0. The van der Waals surface area contributed by atoms with Gasteiger partial charge in [0.05, 0.1) is 0 Å². The van der Waals surface area contributed by atoms with Crippen LogP contribution in [0.5, 0.6) is 0 Å². The average Bonchev–Trinajstić information content (AvgIpc) is 2.30. The summed E-state index contributed by atoms with van der Waals surface area (Å²) >= 11 is 0. The van der Waals surface area contributed by atoms with Gasteiger partial charge in [-0.3, -0.25) is 5.73 Å². The van der Waals surface area contributed by atoms with Crippen molar-refractivity contribution in [3.05, 3.63) is 35.9 Å². The number of benzene rings is 1. The molecular weight excluding hydrogens is 170 g/mol. The van der Waals surface area contributed by atoms with Crippen molar-refractivity contribution in [2.75, 3.05) is 6.54 Å². The first-order chi connectivity index (χ1) is 6.90. The zero-order valence-corrected chi connectivity index (χ0v) is 8.58. The highest BCUT2D eigenvalue weighted by Gasteiger charge is 2.20. The van der Waals surface area contributed by atoms with Crippen LogP contribution in [0.4, 0.5) is 0 Å². The summed E-state index contributed by atoms with van der Waals surface area (Å²) < 4.78 is 0. The Morgan fingerprint density at radius 3 is 2.21 bits per heavy atom. The monoisotopic (exact) mass is 188 g/mol. The van der Waals surface area contributed by atoms with Gasteiger partial charge in [-0.05, 0) is 43.1 Å². The summed E-state index contributed by atoms with van der Waals surface area (Å²) in [7, 11) is 0. The van der Waals surface area contributed by atoms with Gasteiger partial charge in [0.1, 0.15) is 0 Å². The van der Waals surface area contributed by atoms with Crippen LogP contribution in [0.25, 0.3) is 0 Å². The van der Waals surface area contributed by atoms with E-state index >= 15 is 0 Å². The van der Waals surface area contributed by atoms with Gasteiger partial charge in [0.25, 0.3) is 0 Å². The van der Waals surface area contributed by atoms with Gasteiger partial charge in [-0.25, -0.2) is 0 Å². The molecule has 1 N–H and O–H groups in total. The van der Waals surface area contributed by atoms with E-state index in [1.54, 1.807) is 0 Å². The molecule has 2 rings (SSSR count). The minimum absolute atomic E-state index is 0.626. The molecule has 0 saturated heterocycles. The summed E-state index contributed by atoms with van der Waals surface area (Å²) in [5.74, 6) is 1.44. The van der Waals surface area contributed by atoms with E-state index in [4.69, 9.17) is 5.73 Å². The molecule has 0 spiro atoms. The first-order valence-corrected chi connectivity index (χ1v) is 5.59. The topological polar surface area (TPSA) is 23.8 Å². The Balaban J connectivity index is 1.96. The second kappa shape index (κ2) is 4.61. The van der Waals surface area contributed by atoms with Crippen molar-refractivity contribution in [2.45, 2.75) is 31.6 Å². The fourth-order valence-electron chi connectivity index (χ4n) is 2.43. The average molecular weight is 188 g/mol. The Kier molecular flexibility index (Phi) is 3.20. The Hall–Kier alpha value is -0.820. The van der Waals surface area contributed by atoms with Crippen LogP contribution in [-0.4, -0.2) is 6.54 Å². The number of nitrogens with one attached hydrogen (secondary N) is 1. The molecule has 1 fully saturated rings. The van der Waals surface area contributed by atoms with Crippen molar-refractivity contribution in [3.8, 4) is 0 Å². The van der Waals surface area contributed by atoms with E-state index in [1.807, 2.05) is 0 Å². The van der Waals surface area contributed by atoms with E-state index in [1.165, 1.54) is 31.2 Å². The molecule has 1 radical (unpaired) electrons. The molecule has 0 heterocycles. The Labute approximate surface area is 86.3 Å². The lowest BCUT2D eigenvalue weighted by Gasteiger charge is -2.27. The summed E-state index contributed by atoms with van der Waals surface area (Å²) in [4.78, 5) is 0. The van der Waals surface area contributed by atoms with Crippen LogP contribution in [-0.2, 0) is 0 Å². The van der Waals surface area contributed by atoms with Crippen LogP contribution in [0.2, 0.25) is 0 Å². The fourth-order valence-corrected chi connectivity index (χ4v) is 2.43. The Bertz CT molecular complexity index is 260. The van der Waals surface area contributed by atoms with Gasteiger partial charge in [-0.15, -0.1) is 0 Å². The molecular formula is C13H18N. The molecule has 1 heteroatoms. The summed E-state index contributed by atoms with van der Waals surface area (Å²) in [6, 6.07) is 10.8. The van der Waals surface area contributed by atoms with Gasteiger partial charge < -0.3 is 0 Å². The zero-order valence-electron chi connectivity index (χ0n) is 8.58. The molecule has 75 valence electrons. The molecule has 1 aromatic rings. The lowest BCUT2D eigenvalue weighted by atomic mass is 9.79. The largest absolute Gasteiger partial charge is 0.258 e. The van der Waals surface area contributed by atoms with Crippen molar-refractivity contribution in [2.24, 2.45) is 5.92 Å². The van der Waals surface area contributed by atoms with Crippen LogP contribution < -0.4 is 5.73 Å². The zero-order chi connectivity index (χ0) is 9.80. The highest BCUT2D eigenvalue weighted by atomic mass is 14.5. The van der Waals surface area contributed by atoms with Gasteiger partial charge in [0.2, 0.25) is 0 Å². The van der Waals surface area contributed by atoms with Gasteiger partial charge in [-0.1, -0.05) is 30.3 Å². The van der Waals surface area contributed by atoms with Crippen molar-refractivity contribution in [1.82, 2.24) is 5.73 Å². The molecule has 0 aliphatic heterocycles. The minimum Gasteiger partial charge on any atom is -0.258 e. The summed E-state index contributed by atoms with van der Waals surface area (Å²) in [6.07, 6.45) is 5.08. The molecule has 1 aliphatic rings. The molecule has 0 bridgehead atoms. The molecule has 1 aliphatic carbocycles. The third-order valence-corrected chi connectivity index (χ3v) is 3.41. The molecule has 1 saturated carbocycles. The van der Waals surface area contributed by atoms with E-state index in [9.17, 15) is 0 Å². The van der Waals surface area contributed by atoms with Gasteiger partial charge >= 0.3 is 0 Å². The Morgan fingerprint density at radius 2 is 1.64 bits per heavy atom. The van der Waals surface area contributed by atoms with E-state index in [-0.39, 0.29) is 0 Å². The van der Waals surface area contributed by atoms with E-state index < -0.39 is 0 Å². The number of rotatable bonds is 2. The second-order valence-electron chi connectivity index (χ2n) is 4.33. The molecule has 1 nitrogen and oxygen atoms in total. The smallest absolute Gasteiger partial charge is 0.0128 e. The first kappa shape index (κ1) is 9.72. The molecule has 14 heavy (non-hydrogen) atoms. The maximum absolute atomic E-state index is 7.37. The van der Waals surface area contributed by atoms with Crippen LogP contribution in [0.15, 0.2) is 30.3 Å². The van der Waals surface area contributed by atoms with Crippen molar-refractivity contribution >= 4 is 0 Å². The van der Waals surface area contributed by atoms with Crippen molar-refractivity contribution in [3.63, 3.8) is 0 Å². The molecule has 0 atom stereocenters. The third kappa shape index (κ3) is 2.16. The van der Waals surface area contributed by atoms with Crippen LogP contribution in [0.3, 0.4) is 0 Å². The molecule has 0 aromatic heterocycles. The van der Waals surface area contributed by atoms with E-state index in [0.29, 0.717) is 12.5 Å². The standard InChI is InChI=1S/C13H18N/c14-10-11-6-8-13(9-7-11)12-4-2-1-3-5-12/h1-5,11,13-14H,6-10H2. The lowest BCUT2D eigenvalue weighted by molar-refractivity contribution is 0.330. The second-order valence-corrected chi connectivity index (χ2v) is 4.33. The summed E-state index contributed by atoms with van der Waals surface area (Å²) in [6.45, 7) is 0.626. The SMILES string of the molecule is [NH]CC1CCC(c2ccccc2)CC1. The predicted octanol–water partition coefficient (Wildman–Crippen LogP) is 3.24. The van der Waals surface area contributed by atoms with Crippen LogP contribution in [0, 0.1) is 5.92 Å². The molecule has 0 amide bonds. The maximum atomic E-state index is 7.37. The van der Waals surface area contributed by atoms with E-state index in [2.05, 4.69) is 30.3 Å². The van der Waals surface area contributed by atoms with Gasteiger partial charge in [0, 0.05) is 6.54 Å². The number of hydrogen-bond acceptors (Lipinski definition) is 0. The minimum atomic E-state index is 0.626. The van der Waals surface area contributed by atoms with E-state index in [0.717, 1.165) is 5.92 Å². The highest BCUT2D eigenvalue weighted by Crippen LogP contribution is 2.35. The lowest BCUT2D eigenvalue weighted by Crippen LogP contribution is -2.16. The molecule has 0 unspecified atom stereocenters. The van der Waals surface area contributed by atoms with Crippen LogP contribution in [0.1, 0.15) is 37.2 Å². The first-order valence-electron chi connectivity index (χ1n) is 5.59. The van der Waals surface area contributed by atoms with Crippen LogP contribution >= 0.6 is 0 Å². The maximum Gasteiger partial charge on any atom is 0.0128 e. The van der Waals surface area contributed by atoms with Crippen molar-refractivity contribution < 1.29 is 0 Å². The normalized spacial score (nSPS) is 27.5. The molecule has 1 aromatic carbocycles. The predicted molar refractivity (Wildman–Crippen MR) is 59.1 cm³/mol. The fraction of sp³-hybridized carbons (Fsp3) is 0.538.